The topological polar surface area (TPSA) is 59.5 Å². The third-order valence-electron chi connectivity index (χ3n) is 2.44. The molecule has 0 bridgehead atoms. The van der Waals surface area contributed by atoms with E-state index in [0.717, 1.165) is 0 Å². The van der Waals surface area contributed by atoms with Gasteiger partial charge in [0.05, 0.1) is 18.1 Å². The number of carbonyl (C=O) groups is 2. The first-order chi connectivity index (χ1) is 8.45. The lowest BCUT2D eigenvalue weighted by molar-refractivity contribution is -0.145. The molecular formula is C12H15ClN2O3. The fraction of sp³-hybridized carbons (Fsp3) is 0.417. The van der Waals surface area contributed by atoms with Crippen molar-refractivity contribution < 1.29 is 14.3 Å². The van der Waals surface area contributed by atoms with Crippen LogP contribution in [-0.2, 0) is 9.53 Å². The lowest BCUT2D eigenvalue weighted by Crippen LogP contribution is -2.34. The second-order valence-electron chi connectivity index (χ2n) is 3.97. The minimum Gasteiger partial charge on any atom is -0.469 e. The molecule has 0 saturated heterocycles. The van der Waals surface area contributed by atoms with Gasteiger partial charge in [-0.3, -0.25) is 9.59 Å². The second kappa shape index (κ2) is 6.35. The number of ether oxygens (including phenoxy) is 1. The predicted molar refractivity (Wildman–Crippen MR) is 67.4 cm³/mol. The van der Waals surface area contributed by atoms with Gasteiger partial charge in [-0.2, -0.15) is 0 Å². The van der Waals surface area contributed by atoms with Crippen molar-refractivity contribution in [1.82, 2.24) is 9.88 Å². The first kappa shape index (κ1) is 14.4. The molecule has 0 spiro atoms. The molecule has 1 rings (SSSR count). The Labute approximate surface area is 111 Å². The molecular weight excluding hydrogens is 256 g/mol. The molecule has 18 heavy (non-hydrogen) atoms. The van der Waals surface area contributed by atoms with Crippen molar-refractivity contribution in [3.63, 3.8) is 0 Å². The lowest BCUT2D eigenvalue weighted by atomic mass is 10.1. The number of nitrogens with zero attached hydrogens (tertiary/aromatic N) is 2. The molecule has 1 amide bonds. The SMILES string of the molecule is COC(=O)C(C)CN(C)C(=O)c1ccc(Cl)cn1. The maximum Gasteiger partial charge on any atom is 0.310 e. The molecule has 0 aliphatic rings. The van der Waals surface area contributed by atoms with Crippen LogP contribution in [0.25, 0.3) is 0 Å². The van der Waals surface area contributed by atoms with E-state index in [4.69, 9.17) is 11.6 Å². The lowest BCUT2D eigenvalue weighted by Gasteiger charge is -2.19. The van der Waals surface area contributed by atoms with Crippen molar-refractivity contribution in [2.45, 2.75) is 6.92 Å². The van der Waals surface area contributed by atoms with Gasteiger partial charge in [-0.05, 0) is 12.1 Å². The largest absolute Gasteiger partial charge is 0.469 e. The number of hydrogen-bond acceptors (Lipinski definition) is 4. The number of hydrogen-bond donors (Lipinski definition) is 0. The van der Waals surface area contributed by atoms with E-state index in [1.807, 2.05) is 0 Å². The van der Waals surface area contributed by atoms with Gasteiger partial charge in [0.25, 0.3) is 5.91 Å². The second-order valence-corrected chi connectivity index (χ2v) is 4.41. The van der Waals surface area contributed by atoms with Crippen LogP contribution in [0.15, 0.2) is 18.3 Å². The van der Waals surface area contributed by atoms with Crippen LogP contribution in [0.2, 0.25) is 5.02 Å². The van der Waals surface area contributed by atoms with Gasteiger partial charge < -0.3 is 9.64 Å². The van der Waals surface area contributed by atoms with Gasteiger partial charge in [-0.15, -0.1) is 0 Å². The average Bonchev–Trinajstić information content (AvgIpc) is 2.37. The van der Waals surface area contributed by atoms with Crippen LogP contribution < -0.4 is 0 Å². The van der Waals surface area contributed by atoms with Crippen LogP contribution in [0.1, 0.15) is 17.4 Å². The van der Waals surface area contributed by atoms with Crippen LogP contribution in [0.4, 0.5) is 0 Å². The maximum absolute atomic E-state index is 12.0. The normalized spacial score (nSPS) is 11.8. The number of rotatable bonds is 4. The first-order valence-corrected chi connectivity index (χ1v) is 5.78. The molecule has 0 radical (unpaired) electrons. The average molecular weight is 271 g/mol. The van der Waals surface area contributed by atoms with Crippen molar-refractivity contribution in [2.75, 3.05) is 20.7 Å². The Bertz CT molecular complexity index is 433. The Morgan fingerprint density at radius 3 is 2.67 bits per heavy atom. The van der Waals surface area contributed by atoms with Crippen molar-refractivity contribution in [3.8, 4) is 0 Å². The molecule has 1 aromatic heterocycles. The fourth-order valence-electron chi connectivity index (χ4n) is 1.47. The van der Waals surface area contributed by atoms with E-state index in [9.17, 15) is 9.59 Å². The fourth-order valence-corrected chi connectivity index (χ4v) is 1.58. The molecule has 6 heteroatoms. The summed E-state index contributed by atoms with van der Waals surface area (Å²) in [5.41, 5.74) is 0.291. The zero-order valence-corrected chi connectivity index (χ0v) is 11.3. The van der Waals surface area contributed by atoms with Gasteiger partial charge in [-0.1, -0.05) is 18.5 Å². The van der Waals surface area contributed by atoms with Crippen molar-refractivity contribution in [1.29, 1.82) is 0 Å². The number of amides is 1. The molecule has 5 nitrogen and oxygen atoms in total. The Morgan fingerprint density at radius 1 is 1.50 bits per heavy atom. The summed E-state index contributed by atoms with van der Waals surface area (Å²) in [5, 5.41) is 0.470. The molecule has 1 atom stereocenters. The highest BCUT2D eigenvalue weighted by molar-refractivity contribution is 6.30. The van der Waals surface area contributed by atoms with Crippen molar-refractivity contribution in [3.05, 3.63) is 29.0 Å². The van der Waals surface area contributed by atoms with E-state index in [0.29, 0.717) is 10.7 Å². The molecule has 0 N–H and O–H groups in total. The summed E-state index contributed by atoms with van der Waals surface area (Å²) in [5.74, 6) is -0.989. The highest BCUT2D eigenvalue weighted by Gasteiger charge is 2.20. The molecule has 0 saturated carbocycles. The van der Waals surface area contributed by atoms with Gasteiger partial charge in [0.15, 0.2) is 0 Å². The predicted octanol–water partition coefficient (Wildman–Crippen LogP) is 1.62. The molecule has 0 fully saturated rings. The summed E-state index contributed by atoms with van der Waals surface area (Å²) < 4.78 is 4.60. The van der Waals surface area contributed by atoms with E-state index >= 15 is 0 Å². The van der Waals surface area contributed by atoms with Crippen LogP contribution >= 0.6 is 11.6 Å². The summed E-state index contributed by atoms with van der Waals surface area (Å²) in [7, 11) is 2.93. The highest BCUT2D eigenvalue weighted by atomic mass is 35.5. The molecule has 1 heterocycles. The van der Waals surface area contributed by atoms with Crippen LogP contribution in [0.3, 0.4) is 0 Å². The molecule has 1 unspecified atom stereocenters. The molecule has 0 aromatic carbocycles. The van der Waals surface area contributed by atoms with E-state index in [2.05, 4.69) is 9.72 Å². The number of esters is 1. The number of carbonyl (C=O) groups excluding carboxylic acids is 2. The van der Waals surface area contributed by atoms with Gasteiger partial charge in [0, 0.05) is 19.8 Å². The number of aromatic nitrogens is 1. The minimum absolute atomic E-state index is 0.262. The molecule has 0 aliphatic heterocycles. The number of halogens is 1. The van der Waals surface area contributed by atoms with Crippen LogP contribution in [0.5, 0.6) is 0 Å². The minimum atomic E-state index is -0.378. The molecule has 98 valence electrons. The zero-order valence-electron chi connectivity index (χ0n) is 10.5. The number of methoxy groups -OCH3 is 1. The van der Waals surface area contributed by atoms with Gasteiger partial charge in [0.2, 0.25) is 0 Å². The zero-order chi connectivity index (χ0) is 13.7. The van der Waals surface area contributed by atoms with Gasteiger partial charge in [0.1, 0.15) is 5.69 Å². The molecule has 1 aromatic rings. The van der Waals surface area contributed by atoms with E-state index in [1.165, 1.54) is 18.2 Å². The van der Waals surface area contributed by atoms with Crippen molar-refractivity contribution >= 4 is 23.5 Å². The summed E-state index contributed by atoms with van der Waals surface area (Å²) in [6, 6.07) is 3.14. The summed E-state index contributed by atoms with van der Waals surface area (Å²) in [6.45, 7) is 1.97. The summed E-state index contributed by atoms with van der Waals surface area (Å²) >= 11 is 5.69. The quantitative estimate of drug-likeness (QED) is 0.780. The summed E-state index contributed by atoms with van der Waals surface area (Å²) in [6.07, 6.45) is 1.41. The van der Waals surface area contributed by atoms with Crippen molar-refractivity contribution in [2.24, 2.45) is 5.92 Å². The van der Waals surface area contributed by atoms with Crippen LogP contribution in [0, 0.1) is 5.92 Å². The Morgan fingerprint density at radius 2 is 2.17 bits per heavy atom. The third kappa shape index (κ3) is 3.70. The van der Waals surface area contributed by atoms with E-state index in [1.54, 1.807) is 26.1 Å². The third-order valence-corrected chi connectivity index (χ3v) is 2.67. The first-order valence-electron chi connectivity index (χ1n) is 5.40. The smallest absolute Gasteiger partial charge is 0.310 e. The van der Waals surface area contributed by atoms with Gasteiger partial charge >= 0.3 is 5.97 Å². The van der Waals surface area contributed by atoms with Gasteiger partial charge in [-0.25, -0.2) is 4.98 Å². The maximum atomic E-state index is 12.0. The summed E-state index contributed by atoms with van der Waals surface area (Å²) in [4.78, 5) is 28.6. The Hall–Kier alpha value is -1.62. The van der Waals surface area contributed by atoms with Crippen LogP contribution in [-0.4, -0.2) is 42.5 Å². The molecule has 0 aliphatic carbocycles. The van der Waals surface area contributed by atoms with E-state index < -0.39 is 0 Å². The standard InChI is InChI=1S/C12H15ClN2O3/c1-8(12(17)18-3)7-15(2)11(16)10-5-4-9(13)6-14-10/h4-6,8H,7H2,1-3H3. The van der Waals surface area contributed by atoms with E-state index in [-0.39, 0.29) is 24.3 Å². The Kier molecular flexibility index (Phi) is 5.09. The monoisotopic (exact) mass is 270 g/mol. The number of pyridine rings is 1. The Balaban J connectivity index is 2.67. The highest BCUT2D eigenvalue weighted by Crippen LogP contribution is 2.09.